The highest BCUT2D eigenvalue weighted by Crippen LogP contribution is 2.34. The smallest absolute Gasteiger partial charge is 0.230 e. The van der Waals surface area contributed by atoms with Crippen molar-refractivity contribution in [3.8, 4) is 0 Å². The molecule has 4 nitrogen and oxygen atoms in total. The molecule has 1 saturated carbocycles. The zero-order valence-electron chi connectivity index (χ0n) is 16.5. The largest absolute Gasteiger partial charge is 0.379 e. The third-order valence-electron chi connectivity index (χ3n) is 6.17. The molecule has 150 valence electrons. The van der Waals surface area contributed by atoms with Crippen LogP contribution in [0, 0.1) is 0 Å². The minimum atomic E-state index is 0.130. The van der Waals surface area contributed by atoms with Crippen LogP contribution >= 0.6 is 11.8 Å². The molecule has 1 amide bonds. The van der Waals surface area contributed by atoms with Gasteiger partial charge in [0.05, 0.1) is 19.0 Å². The number of carbonyl (C=O) groups excluding carboxylic acids is 1. The standard InChI is InChI=1S/C23H30N2O2S/c26-22(17-28-21-9-8-19-6-2-3-7-20(19)16-21)24-18-23(10-4-1-5-11-23)25-12-14-27-15-13-25/h2-3,6-9,16H,1,4-5,10-15,17-18H2,(H,24,26). The number of fused-ring (bicyclic) bond motifs is 1. The quantitative estimate of drug-likeness (QED) is 0.745. The predicted molar refractivity (Wildman–Crippen MR) is 116 cm³/mol. The number of rotatable bonds is 6. The van der Waals surface area contributed by atoms with Crippen LogP contribution in [0.1, 0.15) is 32.1 Å². The van der Waals surface area contributed by atoms with Gasteiger partial charge in [0, 0.05) is 30.1 Å². The summed E-state index contributed by atoms with van der Waals surface area (Å²) in [4.78, 5) is 16.3. The Kier molecular flexibility index (Phi) is 6.55. The van der Waals surface area contributed by atoms with Crippen LogP contribution in [0.5, 0.6) is 0 Å². The Morgan fingerprint density at radius 3 is 2.57 bits per heavy atom. The number of amides is 1. The molecule has 1 heterocycles. The maximum absolute atomic E-state index is 12.6. The van der Waals surface area contributed by atoms with Crippen molar-refractivity contribution in [2.45, 2.75) is 42.5 Å². The lowest BCUT2D eigenvalue weighted by molar-refractivity contribution is -0.119. The molecule has 0 atom stereocenters. The Morgan fingerprint density at radius 2 is 1.79 bits per heavy atom. The van der Waals surface area contributed by atoms with E-state index < -0.39 is 0 Å². The molecule has 5 heteroatoms. The van der Waals surface area contributed by atoms with E-state index >= 15 is 0 Å². The first-order valence-corrected chi connectivity index (χ1v) is 11.4. The zero-order valence-corrected chi connectivity index (χ0v) is 17.3. The summed E-state index contributed by atoms with van der Waals surface area (Å²) < 4.78 is 5.55. The lowest BCUT2D eigenvalue weighted by Gasteiger charge is -2.48. The first kappa shape index (κ1) is 19.7. The maximum Gasteiger partial charge on any atom is 0.230 e. The van der Waals surface area contributed by atoms with Gasteiger partial charge in [0.1, 0.15) is 0 Å². The van der Waals surface area contributed by atoms with Crippen molar-refractivity contribution in [2.24, 2.45) is 0 Å². The minimum absolute atomic E-state index is 0.130. The molecule has 0 spiro atoms. The second-order valence-corrected chi connectivity index (χ2v) is 9.01. The van der Waals surface area contributed by atoms with Gasteiger partial charge in [0.25, 0.3) is 0 Å². The van der Waals surface area contributed by atoms with Crippen LogP contribution in [0.3, 0.4) is 0 Å². The van der Waals surface area contributed by atoms with E-state index in [4.69, 9.17) is 4.74 Å². The first-order valence-electron chi connectivity index (χ1n) is 10.5. The number of nitrogens with one attached hydrogen (secondary N) is 1. The molecule has 4 rings (SSSR count). The Morgan fingerprint density at radius 1 is 1.04 bits per heavy atom. The van der Waals surface area contributed by atoms with E-state index in [0.29, 0.717) is 5.75 Å². The van der Waals surface area contributed by atoms with Crippen LogP contribution in [0.25, 0.3) is 10.8 Å². The average molecular weight is 399 g/mol. The Hall–Kier alpha value is -1.56. The molecule has 1 aliphatic heterocycles. The summed E-state index contributed by atoms with van der Waals surface area (Å²) in [6, 6.07) is 14.8. The van der Waals surface area contributed by atoms with Crippen molar-refractivity contribution < 1.29 is 9.53 Å². The molecule has 2 aliphatic rings. The van der Waals surface area contributed by atoms with E-state index in [-0.39, 0.29) is 11.4 Å². The fraction of sp³-hybridized carbons (Fsp3) is 0.522. The molecular weight excluding hydrogens is 368 g/mol. The van der Waals surface area contributed by atoms with Gasteiger partial charge in [0.2, 0.25) is 5.91 Å². The van der Waals surface area contributed by atoms with Crippen molar-refractivity contribution in [1.29, 1.82) is 0 Å². The number of thioether (sulfide) groups is 1. The summed E-state index contributed by atoms with van der Waals surface area (Å²) in [6.45, 7) is 4.37. The van der Waals surface area contributed by atoms with Crippen LogP contribution in [0.4, 0.5) is 0 Å². The fourth-order valence-electron chi connectivity index (χ4n) is 4.57. The summed E-state index contributed by atoms with van der Waals surface area (Å²) in [7, 11) is 0. The van der Waals surface area contributed by atoms with Gasteiger partial charge in [-0.1, -0.05) is 49.6 Å². The lowest BCUT2D eigenvalue weighted by Crippen LogP contribution is -2.59. The second-order valence-electron chi connectivity index (χ2n) is 7.96. The predicted octanol–water partition coefficient (Wildman–Crippen LogP) is 4.08. The minimum Gasteiger partial charge on any atom is -0.379 e. The van der Waals surface area contributed by atoms with Gasteiger partial charge in [0.15, 0.2) is 0 Å². The molecule has 2 aromatic rings. The highest BCUT2D eigenvalue weighted by molar-refractivity contribution is 8.00. The summed E-state index contributed by atoms with van der Waals surface area (Å²) in [5.74, 6) is 0.605. The molecule has 1 saturated heterocycles. The molecule has 28 heavy (non-hydrogen) atoms. The van der Waals surface area contributed by atoms with E-state index in [9.17, 15) is 4.79 Å². The lowest BCUT2D eigenvalue weighted by atomic mass is 9.79. The molecule has 0 bridgehead atoms. The Balaban J connectivity index is 1.32. The van der Waals surface area contributed by atoms with E-state index in [1.54, 1.807) is 11.8 Å². The Bertz CT molecular complexity index is 798. The van der Waals surface area contributed by atoms with E-state index in [2.05, 4.69) is 52.7 Å². The molecule has 1 aliphatic carbocycles. The van der Waals surface area contributed by atoms with Gasteiger partial charge >= 0.3 is 0 Å². The van der Waals surface area contributed by atoms with Gasteiger partial charge in [-0.15, -0.1) is 11.8 Å². The van der Waals surface area contributed by atoms with Crippen LogP contribution in [0.15, 0.2) is 47.4 Å². The van der Waals surface area contributed by atoms with Crippen LogP contribution in [-0.2, 0) is 9.53 Å². The second kappa shape index (κ2) is 9.29. The highest BCUT2D eigenvalue weighted by atomic mass is 32.2. The summed E-state index contributed by atoms with van der Waals surface area (Å²) in [6.07, 6.45) is 6.21. The fourth-order valence-corrected chi connectivity index (χ4v) is 5.35. The van der Waals surface area contributed by atoms with Crippen LogP contribution in [-0.4, -0.2) is 54.9 Å². The van der Waals surface area contributed by atoms with Crippen molar-refractivity contribution in [3.05, 3.63) is 42.5 Å². The molecule has 2 fully saturated rings. The van der Waals surface area contributed by atoms with Crippen molar-refractivity contribution >= 4 is 28.4 Å². The molecule has 0 unspecified atom stereocenters. The number of hydrogen-bond donors (Lipinski definition) is 1. The average Bonchev–Trinajstić information content (AvgIpc) is 2.77. The summed E-state index contributed by atoms with van der Waals surface area (Å²) in [5.41, 5.74) is 0.130. The summed E-state index contributed by atoms with van der Waals surface area (Å²) >= 11 is 1.62. The third-order valence-corrected chi connectivity index (χ3v) is 7.17. The highest BCUT2D eigenvalue weighted by Gasteiger charge is 2.38. The van der Waals surface area contributed by atoms with Gasteiger partial charge in [-0.25, -0.2) is 0 Å². The van der Waals surface area contributed by atoms with Gasteiger partial charge in [-0.05, 0) is 35.7 Å². The number of hydrogen-bond acceptors (Lipinski definition) is 4. The SMILES string of the molecule is O=C(CSc1ccc2ccccc2c1)NCC1(N2CCOCC2)CCCCC1. The molecule has 1 N–H and O–H groups in total. The molecule has 0 aromatic heterocycles. The monoisotopic (exact) mass is 398 g/mol. The third kappa shape index (κ3) is 4.70. The molecule has 2 aromatic carbocycles. The van der Waals surface area contributed by atoms with E-state index in [1.165, 1.54) is 42.9 Å². The Labute approximate surface area is 172 Å². The van der Waals surface area contributed by atoms with Crippen molar-refractivity contribution in [3.63, 3.8) is 0 Å². The number of carbonyl (C=O) groups is 1. The zero-order chi connectivity index (χ0) is 19.2. The number of benzene rings is 2. The van der Waals surface area contributed by atoms with Crippen molar-refractivity contribution in [1.82, 2.24) is 10.2 Å². The topological polar surface area (TPSA) is 41.6 Å². The van der Waals surface area contributed by atoms with Crippen LogP contribution < -0.4 is 5.32 Å². The summed E-state index contributed by atoms with van der Waals surface area (Å²) in [5, 5.41) is 5.72. The van der Waals surface area contributed by atoms with E-state index in [1.807, 2.05) is 0 Å². The van der Waals surface area contributed by atoms with Gasteiger partial charge in [-0.2, -0.15) is 0 Å². The van der Waals surface area contributed by atoms with Gasteiger partial charge < -0.3 is 10.1 Å². The van der Waals surface area contributed by atoms with Crippen molar-refractivity contribution in [2.75, 3.05) is 38.6 Å². The van der Waals surface area contributed by atoms with Crippen LogP contribution in [0.2, 0.25) is 0 Å². The molecule has 0 radical (unpaired) electrons. The number of nitrogens with zero attached hydrogens (tertiary/aromatic N) is 1. The number of morpholine rings is 1. The first-order chi connectivity index (χ1) is 13.8. The van der Waals surface area contributed by atoms with E-state index in [0.717, 1.165) is 37.7 Å². The normalized spacial score (nSPS) is 20.1. The molecular formula is C23H30N2O2S. The van der Waals surface area contributed by atoms with Gasteiger partial charge in [-0.3, -0.25) is 9.69 Å². The number of ether oxygens (including phenoxy) is 1. The maximum atomic E-state index is 12.6.